The molecule has 0 N–H and O–H groups in total. The minimum atomic E-state index is 0.224. The second-order valence-corrected chi connectivity index (χ2v) is 4.74. The van der Waals surface area contributed by atoms with Gasteiger partial charge in [0.15, 0.2) is 0 Å². The molecular weight excluding hydrogens is 208 g/mol. The van der Waals surface area contributed by atoms with Crippen molar-refractivity contribution < 1.29 is 4.74 Å². The SMILES string of the molecule is CCc1c(OC(C)C)ccc2cccc(C)c12. The van der Waals surface area contributed by atoms with Crippen molar-refractivity contribution in [2.24, 2.45) is 0 Å². The van der Waals surface area contributed by atoms with Gasteiger partial charge in [-0.15, -0.1) is 0 Å². The minimum Gasteiger partial charge on any atom is -0.491 e. The van der Waals surface area contributed by atoms with Gasteiger partial charge in [0.05, 0.1) is 6.10 Å². The lowest BCUT2D eigenvalue weighted by molar-refractivity contribution is 0.240. The molecule has 0 amide bonds. The van der Waals surface area contributed by atoms with Crippen molar-refractivity contribution in [2.75, 3.05) is 0 Å². The molecule has 90 valence electrons. The first-order valence-electron chi connectivity index (χ1n) is 6.31. The van der Waals surface area contributed by atoms with E-state index in [0.717, 1.165) is 12.2 Å². The van der Waals surface area contributed by atoms with Crippen LogP contribution >= 0.6 is 0 Å². The Hall–Kier alpha value is -1.50. The van der Waals surface area contributed by atoms with Gasteiger partial charge in [0.2, 0.25) is 0 Å². The van der Waals surface area contributed by atoms with E-state index in [2.05, 4.69) is 58.0 Å². The van der Waals surface area contributed by atoms with Gasteiger partial charge in [-0.1, -0.05) is 31.2 Å². The zero-order chi connectivity index (χ0) is 12.4. The maximum absolute atomic E-state index is 5.90. The van der Waals surface area contributed by atoms with E-state index in [0.29, 0.717) is 0 Å². The number of benzene rings is 2. The molecule has 0 aliphatic carbocycles. The van der Waals surface area contributed by atoms with Gasteiger partial charge < -0.3 is 4.74 Å². The summed E-state index contributed by atoms with van der Waals surface area (Å²) in [5.41, 5.74) is 2.66. The standard InChI is InChI=1S/C16H20O/c1-5-14-15(17-11(2)3)10-9-13-8-6-7-12(4)16(13)14/h6-11H,5H2,1-4H3. The van der Waals surface area contributed by atoms with Crippen LogP contribution in [0.3, 0.4) is 0 Å². The fourth-order valence-corrected chi connectivity index (χ4v) is 2.35. The largest absolute Gasteiger partial charge is 0.491 e. The monoisotopic (exact) mass is 228 g/mol. The Bertz CT molecular complexity index is 526. The Kier molecular flexibility index (Phi) is 3.37. The molecule has 0 aliphatic rings. The van der Waals surface area contributed by atoms with Crippen LogP contribution in [0.1, 0.15) is 31.9 Å². The Balaban J connectivity index is 2.67. The maximum Gasteiger partial charge on any atom is 0.123 e. The number of hydrogen-bond acceptors (Lipinski definition) is 1. The van der Waals surface area contributed by atoms with Crippen molar-refractivity contribution in [3.63, 3.8) is 0 Å². The highest BCUT2D eigenvalue weighted by molar-refractivity contribution is 5.90. The van der Waals surface area contributed by atoms with Gasteiger partial charge in [-0.25, -0.2) is 0 Å². The molecule has 17 heavy (non-hydrogen) atoms. The van der Waals surface area contributed by atoms with Gasteiger partial charge in [0.25, 0.3) is 0 Å². The second-order valence-electron chi connectivity index (χ2n) is 4.74. The minimum absolute atomic E-state index is 0.224. The summed E-state index contributed by atoms with van der Waals surface area (Å²) in [6.07, 6.45) is 1.23. The molecule has 0 saturated heterocycles. The third-order valence-electron chi connectivity index (χ3n) is 3.03. The van der Waals surface area contributed by atoms with Gasteiger partial charge in [-0.2, -0.15) is 0 Å². The second kappa shape index (κ2) is 4.79. The average molecular weight is 228 g/mol. The van der Waals surface area contributed by atoms with E-state index in [1.165, 1.54) is 21.9 Å². The number of rotatable bonds is 3. The number of ether oxygens (including phenoxy) is 1. The van der Waals surface area contributed by atoms with Crippen LogP contribution in [0.2, 0.25) is 0 Å². The summed E-state index contributed by atoms with van der Waals surface area (Å²) in [7, 11) is 0. The van der Waals surface area contributed by atoms with Crippen LogP contribution in [0.5, 0.6) is 5.75 Å². The molecule has 0 atom stereocenters. The van der Waals surface area contributed by atoms with Crippen molar-refractivity contribution in [3.05, 3.63) is 41.5 Å². The first-order chi connectivity index (χ1) is 8.13. The Morgan fingerprint density at radius 3 is 2.53 bits per heavy atom. The topological polar surface area (TPSA) is 9.23 Å². The predicted octanol–water partition coefficient (Wildman–Crippen LogP) is 4.50. The molecule has 0 saturated carbocycles. The first kappa shape index (κ1) is 12.0. The van der Waals surface area contributed by atoms with Gasteiger partial charge >= 0.3 is 0 Å². The third-order valence-corrected chi connectivity index (χ3v) is 3.03. The molecular formula is C16H20O. The lowest BCUT2D eigenvalue weighted by Crippen LogP contribution is -2.07. The van der Waals surface area contributed by atoms with Crippen LogP contribution in [0.15, 0.2) is 30.3 Å². The van der Waals surface area contributed by atoms with Crippen molar-refractivity contribution in [3.8, 4) is 5.75 Å². The van der Waals surface area contributed by atoms with Gasteiger partial charge in [-0.05, 0) is 49.6 Å². The lowest BCUT2D eigenvalue weighted by Gasteiger charge is -2.16. The summed E-state index contributed by atoms with van der Waals surface area (Å²) in [5, 5.41) is 2.66. The van der Waals surface area contributed by atoms with E-state index < -0.39 is 0 Å². The molecule has 0 unspecified atom stereocenters. The smallest absolute Gasteiger partial charge is 0.123 e. The molecule has 0 bridgehead atoms. The first-order valence-corrected chi connectivity index (χ1v) is 6.31. The lowest BCUT2D eigenvalue weighted by atomic mass is 9.97. The number of hydrogen-bond donors (Lipinski definition) is 0. The fraction of sp³-hybridized carbons (Fsp3) is 0.375. The van der Waals surface area contributed by atoms with Crippen LogP contribution in [-0.4, -0.2) is 6.10 Å². The molecule has 0 radical (unpaired) electrons. The molecule has 0 heterocycles. The van der Waals surface area contributed by atoms with Crippen LogP contribution in [0.4, 0.5) is 0 Å². The van der Waals surface area contributed by atoms with Gasteiger partial charge in [0.1, 0.15) is 5.75 Å². The Morgan fingerprint density at radius 1 is 1.12 bits per heavy atom. The van der Waals surface area contributed by atoms with Gasteiger partial charge in [-0.3, -0.25) is 0 Å². The van der Waals surface area contributed by atoms with E-state index in [9.17, 15) is 0 Å². The zero-order valence-corrected chi connectivity index (χ0v) is 11.1. The van der Waals surface area contributed by atoms with Crippen molar-refractivity contribution >= 4 is 10.8 Å². The summed E-state index contributed by atoms with van der Waals surface area (Å²) >= 11 is 0. The van der Waals surface area contributed by atoms with Crippen molar-refractivity contribution in [1.82, 2.24) is 0 Å². The van der Waals surface area contributed by atoms with E-state index in [1.54, 1.807) is 0 Å². The average Bonchev–Trinajstić information content (AvgIpc) is 2.29. The van der Waals surface area contributed by atoms with Crippen LogP contribution in [0, 0.1) is 6.92 Å². The summed E-state index contributed by atoms with van der Waals surface area (Å²) in [4.78, 5) is 0. The third kappa shape index (κ3) is 2.28. The molecule has 0 fully saturated rings. The summed E-state index contributed by atoms with van der Waals surface area (Å²) < 4.78 is 5.90. The van der Waals surface area contributed by atoms with Crippen LogP contribution < -0.4 is 4.74 Å². The van der Waals surface area contributed by atoms with E-state index in [1.807, 2.05) is 0 Å². The summed E-state index contributed by atoms with van der Waals surface area (Å²) in [6.45, 7) is 8.50. The van der Waals surface area contributed by atoms with Crippen molar-refractivity contribution in [2.45, 2.75) is 40.2 Å². The molecule has 1 nitrogen and oxygen atoms in total. The molecule has 2 rings (SSSR count). The highest BCUT2D eigenvalue weighted by atomic mass is 16.5. The molecule has 2 aromatic rings. The molecule has 0 spiro atoms. The summed E-state index contributed by atoms with van der Waals surface area (Å²) in [5.74, 6) is 1.03. The van der Waals surface area contributed by atoms with E-state index >= 15 is 0 Å². The molecule has 2 aromatic carbocycles. The Morgan fingerprint density at radius 2 is 1.88 bits per heavy atom. The fourth-order valence-electron chi connectivity index (χ4n) is 2.35. The quantitative estimate of drug-likeness (QED) is 0.751. The number of fused-ring (bicyclic) bond motifs is 1. The number of aryl methyl sites for hydroxylation is 2. The van der Waals surface area contributed by atoms with E-state index in [4.69, 9.17) is 4.74 Å². The normalized spacial score (nSPS) is 11.1. The molecule has 1 heteroatoms. The van der Waals surface area contributed by atoms with Crippen LogP contribution in [-0.2, 0) is 6.42 Å². The van der Waals surface area contributed by atoms with Gasteiger partial charge in [0, 0.05) is 5.56 Å². The zero-order valence-electron chi connectivity index (χ0n) is 11.1. The predicted molar refractivity (Wildman–Crippen MR) is 73.8 cm³/mol. The molecule has 0 aromatic heterocycles. The Labute approximate surface area is 103 Å². The maximum atomic E-state index is 5.90. The summed E-state index contributed by atoms with van der Waals surface area (Å²) in [6, 6.07) is 10.7. The molecule has 0 aliphatic heterocycles. The van der Waals surface area contributed by atoms with Crippen molar-refractivity contribution in [1.29, 1.82) is 0 Å². The highest BCUT2D eigenvalue weighted by Gasteiger charge is 2.10. The van der Waals surface area contributed by atoms with Crippen LogP contribution in [0.25, 0.3) is 10.8 Å². The van der Waals surface area contributed by atoms with E-state index in [-0.39, 0.29) is 6.10 Å². The highest BCUT2D eigenvalue weighted by Crippen LogP contribution is 2.31.